The first-order valence-electron chi connectivity index (χ1n) is 7.64. The molecule has 1 aromatic carbocycles. The Morgan fingerprint density at radius 1 is 1.14 bits per heavy atom. The Morgan fingerprint density at radius 2 is 1.73 bits per heavy atom. The monoisotopic (exact) mass is 321 g/mol. The quantitative estimate of drug-likeness (QED) is 0.818. The number of carbonyl (C=O) groups excluding carboxylic acids is 2. The summed E-state index contributed by atoms with van der Waals surface area (Å²) in [4.78, 5) is 23.7. The molecule has 1 amide bonds. The number of hydrogen-bond acceptors (Lipinski definition) is 3. The molecule has 0 aliphatic carbocycles. The molecule has 0 fully saturated rings. The van der Waals surface area contributed by atoms with Crippen molar-refractivity contribution in [2.75, 3.05) is 6.54 Å². The van der Waals surface area contributed by atoms with Crippen LogP contribution < -0.4 is 5.32 Å². The second-order valence-electron chi connectivity index (χ2n) is 7.00. The molecule has 4 nitrogen and oxygen atoms in total. The first-order valence-corrected chi connectivity index (χ1v) is 10.5. The van der Waals surface area contributed by atoms with E-state index in [2.05, 4.69) is 26.1 Å². The average Bonchev–Trinajstić information content (AvgIpc) is 2.42. The van der Waals surface area contributed by atoms with Gasteiger partial charge in [0.25, 0.3) is 8.32 Å². The lowest BCUT2D eigenvalue weighted by atomic mass is 10.1. The lowest BCUT2D eigenvalue weighted by molar-refractivity contribution is -0.136. The molecular weight excluding hydrogens is 294 g/mol. The molecule has 0 atom stereocenters. The average molecular weight is 321 g/mol. The SMILES string of the molecule is CC(C)(C)[Si](C)(C)OC(=O)CNC(=O)CCc1ccccc1. The van der Waals surface area contributed by atoms with Crippen LogP contribution >= 0.6 is 0 Å². The molecule has 5 heteroatoms. The van der Waals surface area contributed by atoms with E-state index < -0.39 is 8.32 Å². The Balaban J connectivity index is 2.33. The second kappa shape index (κ2) is 7.58. The van der Waals surface area contributed by atoms with E-state index in [-0.39, 0.29) is 23.5 Å². The third-order valence-electron chi connectivity index (χ3n) is 4.09. The number of carbonyl (C=O) groups is 2. The van der Waals surface area contributed by atoms with E-state index in [0.29, 0.717) is 12.8 Å². The first kappa shape index (κ1) is 18.4. The Bertz CT molecular complexity index is 506. The van der Waals surface area contributed by atoms with Gasteiger partial charge < -0.3 is 9.74 Å². The predicted molar refractivity (Wildman–Crippen MR) is 91.1 cm³/mol. The molecule has 0 unspecified atom stereocenters. The maximum Gasteiger partial charge on any atom is 0.312 e. The van der Waals surface area contributed by atoms with Crippen LogP contribution in [0.5, 0.6) is 0 Å². The molecule has 122 valence electrons. The van der Waals surface area contributed by atoms with Crippen LogP contribution in [-0.4, -0.2) is 26.7 Å². The zero-order chi connectivity index (χ0) is 16.8. The summed E-state index contributed by atoms with van der Waals surface area (Å²) >= 11 is 0. The van der Waals surface area contributed by atoms with Crippen molar-refractivity contribution >= 4 is 20.2 Å². The highest BCUT2D eigenvalue weighted by molar-refractivity contribution is 6.75. The molecule has 0 aliphatic rings. The molecular formula is C17H27NO3Si. The highest BCUT2D eigenvalue weighted by atomic mass is 28.4. The molecule has 0 heterocycles. The van der Waals surface area contributed by atoms with Crippen molar-refractivity contribution in [2.45, 2.75) is 51.7 Å². The van der Waals surface area contributed by atoms with E-state index in [0.717, 1.165) is 5.56 Å². The Morgan fingerprint density at radius 3 is 2.27 bits per heavy atom. The van der Waals surface area contributed by atoms with E-state index in [4.69, 9.17) is 4.43 Å². The van der Waals surface area contributed by atoms with E-state index >= 15 is 0 Å². The smallest absolute Gasteiger partial charge is 0.312 e. The maximum atomic E-state index is 11.9. The van der Waals surface area contributed by atoms with Gasteiger partial charge in [0.05, 0.1) is 0 Å². The molecule has 0 saturated heterocycles. The molecule has 22 heavy (non-hydrogen) atoms. The molecule has 0 radical (unpaired) electrons. The Hall–Kier alpha value is -1.62. The number of hydrogen-bond donors (Lipinski definition) is 1. The van der Waals surface area contributed by atoms with Gasteiger partial charge in [0.2, 0.25) is 5.91 Å². The van der Waals surface area contributed by atoms with Gasteiger partial charge in [0.1, 0.15) is 6.54 Å². The van der Waals surface area contributed by atoms with Crippen LogP contribution in [0.15, 0.2) is 30.3 Å². The van der Waals surface area contributed by atoms with Gasteiger partial charge in [-0.05, 0) is 30.1 Å². The zero-order valence-corrected chi connectivity index (χ0v) is 15.2. The summed E-state index contributed by atoms with van der Waals surface area (Å²) in [7, 11) is -2.11. The van der Waals surface area contributed by atoms with Crippen molar-refractivity contribution in [1.29, 1.82) is 0 Å². The topological polar surface area (TPSA) is 55.4 Å². The molecule has 1 N–H and O–H groups in total. The minimum absolute atomic E-state index is 0.0278. The van der Waals surface area contributed by atoms with Gasteiger partial charge >= 0.3 is 5.97 Å². The number of benzene rings is 1. The van der Waals surface area contributed by atoms with Crippen LogP contribution in [0, 0.1) is 0 Å². The summed E-state index contributed by atoms with van der Waals surface area (Å²) < 4.78 is 5.60. The lowest BCUT2D eigenvalue weighted by Crippen LogP contribution is -2.45. The minimum Gasteiger partial charge on any atom is -0.518 e. The van der Waals surface area contributed by atoms with Gasteiger partial charge in [-0.15, -0.1) is 0 Å². The van der Waals surface area contributed by atoms with Crippen LogP contribution in [0.3, 0.4) is 0 Å². The van der Waals surface area contributed by atoms with E-state index in [1.807, 2.05) is 43.4 Å². The standard InChI is InChI=1S/C17H27NO3Si/c1-17(2,3)22(4,5)21-16(20)13-18-15(19)12-11-14-9-7-6-8-10-14/h6-10H,11-13H2,1-5H3,(H,18,19). The fourth-order valence-electron chi connectivity index (χ4n) is 1.64. The predicted octanol–water partition coefficient (Wildman–Crippen LogP) is 3.28. The van der Waals surface area contributed by atoms with Crippen molar-refractivity contribution in [2.24, 2.45) is 0 Å². The minimum atomic E-state index is -2.11. The highest BCUT2D eigenvalue weighted by Crippen LogP contribution is 2.36. The van der Waals surface area contributed by atoms with Gasteiger partial charge in [-0.1, -0.05) is 51.1 Å². The van der Waals surface area contributed by atoms with E-state index in [9.17, 15) is 9.59 Å². The van der Waals surface area contributed by atoms with Crippen molar-refractivity contribution in [3.8, 4) is 0 Å². The lowest BCUT2D eigenvalue weighted by Gasteiger charge is -2.35. The third kappa shape index (κ3) is 6.01. The summed E-state index contributed by atoms with van der Waals surface area (Å²) in [5, 5.41) is 2.61. The molecule has 0 saturated carbocycles. The van der Waals surface area contributed by atoms with Crippen LogP contribution in [0.25, 0.3) is 0 Å². The van der Waals surface area contributed by atoms with Gasteiger partial charge in [-0.3, -0.25) is 9.59 Å². The van der Waals surface area contributed by atoms with Gasteiger partial charge in [0.15, 0.2) is 0 Å². The molecule has 0 aliphatic heterocycles. The number of aryl methyl sites for hydroxylation is 1. The summed E-state index contributed by atoms with van der Waals surface area (Å²) in [6.07, 6.45) is 1.04. The summed E-state index contributed by atoms with van der Waals surface area (Å²) in [6, 6.07) is 9.81. The van der Waals surface area contributed by atoms with Crippen LogP contribution in [0.2, 0.25) is 18.1 Å². The summed E-state index contributed by atoms with van der Waals surface area (Å²) in [5.74, 6) is -0.476. The summed E-state index contributed by atoms with van der Waals surface area (Å²) in [6.45, 7) is 10.2. The van der Waals surface area contributed by atoms with Gasteiger partial charge in [0, 0.05) is 6.42 Å². The van der Waals surface area contributed by atoms with Gasteiger partial charge in [-0.2, -0.15) is 0 Å². The number of amides is 1. The molecule has 1 aromatic rings. The Kier molecular flexibility index (Phi) is 6.35. The fraction of sp³-hybridized carbons (Fsp3) is 0.529. The largest absolute Gasteiger partial charge is 0.518 e. The van der Waals surface area contributed by atoms with E-state index in [1.165, 1.54) is 0 Å². The highest BCUT2D eigenvalue weighted by Gasteiger charge is 2.40. The molecule has 0 aromatic heterocycles. The Labute approximate surface area is 134 Å². The van der Waals surface area contributed by atoms with Crippen molar-refractivity contribution in [3.63, 3.8) is 0 Å². The summed E-state index contributed by atoms with van der Waals surface area (Å²) in [5.41, 5.74) is 1.11. The molecule has 1 rings (SSSR count). The number of nitrogens with one attached hydrogen (secondary N) is 1. The maximum absolute atomic E-state index is 11.9. The van der Waals surface area contributed by atoms with Crippen LogP contribution in [0.1, 0.15) is 32.8 Å². The zero-order valence-electron chi connectivity index (χ0n) is 14.2. The molecule has 0 bridgehead atoms. The van der Waals surface area contributed by atoms with Crippen LogP contribution in [-0.2, 0) is 20.4 Å². The third-order valence-corrected chi connectivity index (χ3v) is 8.44. The second-order valence-corrected chi connectivity index (χ2v) is 11.7. The van der Waals surface area contributed by atoms with E-state index in [1.54, 1.807) is 0 Å². The van der Waals surface area contributed by atoms with Crippen LogP contribution in [0.4, 0.5) is 0 Å². The normalized spacial score (nSPS) is 11.9. The fourth-order valence-corrected chi connectivity index (χ4v) is 2.58. The first-order chi connectivity index (χ1) is 10.1. The van der Waals surface area contributed by atoms with Crippen molar-refractivity contribution < 1.29 is 14.0 Å². The van der Waals surface area contributed by atoms with Crippen molar-refractivity contribution in [3.05, 3.63) is 35.9 Å². The molecule has 0 spiro atoms. The number of rotatable bonds is 6. The van der Waals surface area contributed by atoms with Crippen molar-refractivity contribution in [1.82, 2.24) is 5.32 Å². The van der Waals surface area contributed by atoms with Gasteiger partial charge in [-0.25, -0.2) is 0 Å².